The molecule has 0 saturated heterocycles. The van der Waals surface area contributed by atoms with Gasteiger partial charge in [0.05, 0.1) is 0 Å². The van der Waals surface area contributed by atoms with Gasteiger partial charge in [-0.15, -0.1) is 0 Å². The fraction of sp³-hybridized carbons (Fsp3) is 0.214. The van der Waals surface area contributed by atoms with Gasteiger partial charge in [-0.2, -0.15) is 0 Å². The van der Waals surface area contributed by atoms with Crippen molar-refractivity contribution >= 4 is 23.6 Å². The number of hydrogen-bond acceptors (Lipinski definition) is 0. The second kappa shape index (κ2) is 11.6. The normalized spacial score (nSPS) is 17.2. The molecule has 0 amide bonds. The maximum absolute atomic E-state index is 2.50. The van der Waals surface area contributed by atoms with Crippen LogP contribution in [0.2, 0.25) is 3.34 Å². The Kier molecular flexibility index (Phi) is 10.5. The Balaban J connectivity index is 0.00000181. The van der Waals surface area contributed by atoms with Gasteiger partial charge in [0, 0.05) is 0 Å². The molecule has 1 atom stereocenters. The van der Waals surface area contributed by atoms with Gasteiger partial charge in [0.15, 0.2) is 0 Å². The number of rotatable bonds is 4. The largest absolute Gasteiger partial charge is 1.00 e. The molecule has 1 aliphatic rings. The number of halogens is 3. The van der Waals surface area contributed by atoms with E-state index < -0.39 is 8.07 Å². The topological polar surface area (TPSA) is 0 Å². The van der Waals surface area contributed by atoms with Crippen LogP contribution in [0, 0.1) is 20.8 Å². The average molecular weight is 548 g/mol. The minimum absolute atomic E-state index is 0. The van der Waals surface area contributed by atoms with Gasteiger partial charge in [-0.1, -0.05) is 0 Å². The molecule has 0 aliphatic heterocycles. The van der Waals surface area contributed by atoms with Crippen LogP contribution in [-0.4, -0.2) is 8.07 Å². The first kappa shape index (κ1) is 30.0. The van der Waals surface area contributed by atoms with Gasteiger partial charge in [-0.25, -0.2) is 0 Å². The molecule has 1 unspecified atom stereocenters. The predicted octanol–water partition coefficient (Wildman–Crippen LogP) is -3.76. The smallest absolute Gasteiger partial charge is 1.00 e. The van der Waals surface area contributed by atoms with Crippen molar-refractivity contribution in [3.05, 3.63) is 113 Å². The van der Waals surface area contributed by atoms with E-state index in [1.165, 1.54) is 43.4 Å². The number of allylic oxidation sites excluding steroid dienone is 4. The van der Waals surface area contributed by atoms with Crippen molar-refractivity contribution in [1.82, 2.24) is 0 Å². The second-order valence-corrected chi connectivity index (χ2v) is 14.8. The van der Waals surface area contributed by atoms with E-state index in [1.54, 1.807) is 0 Å². The third-order valence-electron chi connectivity index (χ3n) is 6.71. The zero-order chi connectivity index (χ0) is 21.5. The van der Waals surface area contributed by atoms with E-state index in [9.17, 15) is 0 Å². The van der Waals surface area contributed by atoms with Gasteiger partial charge in [0.2, 0.25) is 0 Å². The summed E-state index contributed by atoms with van der Waals surface area (Å²) in [6, 6.07) is 27.8. The molecule has 0 saturated carbocycles. The van der Waals surface area contributed by atoms with Crippen LogP contribution < -0.4 is 52.8 Å². The molecule has 0 aromatic heterocycles. The third kappa shape index (κ3) is 5.01. The summed E-state index contributed by atoms with van der Waals surface area (Å²) in [7, 11) is -2.46. The Bertz CT molecular complexity index is 1070. The summed E-state index contributed by atoms with van der Waals surface area (Å²) in [5, 5.41) is 4.46. The van der Waals surface area contributed by atoms with Crippen molar-refractivity contribution in [2.24, 2.45) is 0 Å². The van der Waals surface area contributed by atoms with Gasteiger partial charge in [-0.3, -0.25) is 0 Å². The van der Waals surface area contributed by atoms with Gasteiger partial charge in [-0.05, 0) is 0 Å². The van der Waals surface area contributed by atoms with E-state index in [1.807, 2.05) is 0 Å². The van der Waals surface area contributed by atoms with E-state index in [0.29, 0.717) is 0 Å². The van der Waals surface area contributed by atoms with Crippen LogP contribution in [0.15, 0.2) is 96.1 Å². The molecule has 0 radical (unpaired) electrons. The molecule has 5 heteroatoms. The Morgan fingerprint density at radius 2 is 0.970 bits per heavy atom. The molecule has 0 heterocycles. The average Bonchev–Trinajstić information content (AvgIpc) is 2.97. The molecule has 0 N–H and O–H groups in total. The molecular weight excluding hydrogens is 519 g/mol. The maximum atomic E-state index is 2.50. The number of hydrogen-bond donors (Lipinski definition) is 0. The minimum atomic E-state index is -2.46. The monoisotopic (exact) mass is 546 g/mol. The van der Waals surface area contributed by atoms with Crippen molar-refractivity contribution in [3.63, 3.8) is 0 Å². The Labute approximate surface area is 230 Å². The zero-order valence-electron chi connectivity index (χ0n) is 19.7. The molecule has 0 spiro atoms. The summed E-state index contributed by atoms with van der Waals surface area (Å²) >= 11 is 2.48. The van der Waals surface area contributed by atoms with Crippen molar-refractivity contribution in [2.45, 2.75) is 38.0 Å². The minimum Gasteiger partial charge on any atom is -1.00 e. The summed E-state index contributed by atoms with van der Waals surface area (Å²) in [5.41, 5.74) is 6.89. The SMILES string of the molecule is CC1=C(C)[C]([Ti+3])([Si](c2cccc(C)c2)(c2cccc(C)c2)c2cccc(C)c2)C=C1.[Cl-].[Cl-].[Cl-]. The molecule has 0 fully saturated rings. The standard InChI is InChI=1S/C28H29Si.3ClH.Ti/c1-20-9-6-12-25(17-20)29(26-13-7-10-21(2)18-26,27-14-8-11-22(3)19-27)28-16-15-23(4)24(28)5;;;;/h6-19H,1-5H3;3*1H;/q;;;;+3/p-3. The number of aryl methyl sites for hydroxylation is 3. The van der Waals surface area contributed by atoms with E-state index in [2.05, 4.69) is 140 Å². The van der Waals surface area contributed by atoms with Crippen LogP contribution in [-0.2, 0) is 20.4 Å². The van der Waals surface area contributed by atoms with Crippen LogP contribution in [0.4, 0.5) is 0 Å². The molecule has 4 rings (SSSR count). The van der Waals surface area contributed by atoms with Gasteiger partial charge < -0.3 is 37.2 Å². The summed E-state index contributed by atoms with van der Waals surface area (Å²) in [6.45, 7) is 11.3. The van der Waals surface area contributed by atoms with Gasteiger partial charge >= 0.3 is 195 Å². The zero-order valence-corrected chi connectivity index (χ0v) is 24.5. The molecule has 0 nitrogen and oxygen atoms in total. The third-order valence-corrected chi connectivity index (χ3v) is 14.6. The van der Waals surface area contributed by atoms with Crippen LogP contribution >= 0.6 is 0 Å². The molecular formula is C28H29Cl3SiTi. The van der Waals surface area contributed by atoms with Crippen LogP contribution in [0.3, 0.4) is 0 Å². The van der Waals surface area contributed by atoms with Crippen molar-refractivity contribution < 1.29 is 57.7 Å². The summed E-state index contributed by atoms with van der Waals surface area (Å²) < 4.78 is -0.0353. The van der Waals surface area contributed by atoms with E-state index in [4.69, 9.17) is 0 Å². The van der Waals surface area contributed by atoms with Crippen molar-refractivity contribution in [1.29, 1.82) is 0 Å². The summed E-state index contributed by atoms with van der Waals surface area (Å²) in [5.74, 6) is 0. The molecule has 170 valence electrons. The van der Waals surface area contributed by atoms with Gasteiger partial charge in [0.25, 0.3) is 0 Å². The Morgan fingerprint density at radius 3 is 1.24 bits per heavy atom. The van der Waals surface area contributed by atoms with E-state index in [-0.39, 0.29) is 40.6 Å². The first-order valence-corrected chi connectivity index (χ1v) is 13.4. The van der Waals surface area contributed by atoms with E-state index >= 15 is 0 Å². The fourth-order valence-electron chi connectivity index (χ4n) is 5.04. The van der Waals surface area contributed by atoms with Crippen LogP contribution in [0.1, 0.15) is 30.5 Å². The molecule has 33 heavy (non-hydrogen) atoms. The molecule has 0 bridgehead atoms. The predicted molar refractivity (Wildman–Crippen MR) is 128 cm³/mol. The Hall–Kier alpha value is -1.06. The first-order valence-electron chi connectivity index (χ1n) is 10.6. The summed E-state index contributed by atoms with van der Waals surface area (Å²) in [6.07, 6.45) is 4.84. The maximum Gasteiger partial charge on any atom is -1.00 e. The first-order chi connectivity index (χ1) is 14.3. The van der Waals surface area contributed by atoms with Gasteiger partial charge in [0.1, 0.15) is 0 Å². The quantitative estimate of drug-likeness (QED) is 0.233. The van der Waals surface area contributed by atoms with Crippen LogP contribution in [0.5, 0.6) is 0 Å². The Morgan fingerprint density at radius 1 is 0.606 bits per heavy atom. The van der Waals surface area contributed by atoms with Crippen molar-refractivity contribution in [3.8, 4) is 0 Å². The van der Waals surface area contributed by atoms with Crippen LogP contribution in [0.25, 0.3) is 0 Å². The fourth-order valence-corrected chi connectivity index (χ4v) is 13.3. The molecule has 3 aromatic rings. The number of benzene rings is 3. The van der Waals surface area contributed by atoms with Crippen molar-refractivity contribution in [2.75, 3.05) is 0 Å². The molecule has 3 aromatic carbocycles. The second-order valence-electron chi connectivity index (χ2n) is 8.81. The summed E-state index contributed by atoms with van der Waals surface area (Å²) in [4.78, 5) is 0. The van der Waals surface area contributed by atoms with E-state index in [0.717, 1.165) is 0 Å². The molecule has 1 aliphatic carbocycles.